The number of hydrogen-bond donors (Lipinski definition) is 0. The Balaban J connectivity index is 1.79. The molecule has 5 rings (SSSR count). The van der Waals surface area contributed by atoms with Gasteiger partial charge in [0.2, 0.25) is 0 Å². The third kappa shape index (κ3) is 2.69. The fraction of sp³-hybridized carbons (Fsp3) is 0.125. The minimum Gasteiger partial charge on any atom is -0.495 e. The lowest BCUT2D eigenvalue weighted by atomic mass is 10.0. The molecule has 0 radical (unpaired) electrons. The van der Waals surface area contributed by atoms with Crippen LogP contribution in [0.15, 0.2) is 77.9 Å². The van der Waals surface area contributed by atoms with Gasteiger partial charge in [-0.3, -0.25) is 9.36 Å². The number of nitrogens with zero attached hydrogens (tertiary/aromatic N) is 4. The van der Waals surface area contributed by atoms with Gasteiger partial charge in [0.15, 0.2) is 5.65 Å². The molecule has 148 valence electrons. The Kier molecular flexibility index (Phi) is 4.32. The highest BCUT2D eigenvalue weighted by atomic mass is 16.5. The van der Waals surface area contributed by atoms with Gasteiger partial charge in [-0.15, -0.1) is 0 Å². The predicted octanol–water partition coefficient (Wildman–Crippen LogP) is 4.27. The van der Waals surface area contributed by atoms with E-state index in [9.17, 15) is 4.79 Å². The lowest BCUT2D eigenvalue weighted by Crippen LogP contribution is -2.19. The Labute approximate surface area is 173 Å². The van der Waals surface area contributed by atoms with E-state index in [-0.39, 0.29) is 5.56 Å². The molecule has 5 aromatic rings. The molecule has 0 aliphatic rings. The van der Waals surface area contributed by atoms with Crippen LogP contribution in [0.4, 0.5) is 0 Å². The van der Waals surface area contributed by atoms with E-state index in [1.54, 1.807) is 28.6 Å². The van der Waals surface area contributed by atoms with Crippen LogP contribution in [0.3, 0.4) is 0 Å². The molecule has 0 amide bonds. The van der Waals surface area contributed by atoms with Gasteiger partial charge in [0.25, 0.3) is 5.56 Å². The van der Waals surface area contributed by atoms with Crippen molar-refractivity contribution in [2.45, 2.75) is 13.3 Å². The standard InChI is InChI=1S/C24H20N4O2/c1-3-18-22(16-9-5-4-6-10-16)23-25-15-17-19(28(23)26-18)13-14-27(24(17)29)20-11-7-8-12-21(20)30-2/h4-15H,3H2,1-2H3. The fourth-order valence-electron chi connectivity index (χ4n) is 3.88. The summed E-state index contributed by atoms with van der Waals surface area (Å²) in [6.07, 6.45) is 4.18. The molecule has 0 unspecified atom stereocenters. The minimum absolute atomic E-state index is 0.166. The molecule has 0 fully saturated rings. The molecule has 0 N–H and O–H groups in total. The molecule has 6 heteroatoms. The smallest absolute Gasteiger partial charge is 0.266 e. The highest BCUT2D eigenvalue weighted by Crippen LogP contribution is 2.29. The lowest BCUT2D eigenvalue weighted by Gasteiger charge is -2.11. The van der Waals surface area contributed by atoms with Crippen molar-refractivity contribution in [3.05, 3.63) is 89.1 Å². The summed E-state index contributed by atoms with van der Waals surface area (Å²) in [6, 6.07) is 19.5. The molecule has 3 heterocycles. The van der Waals surface area contributed by atoms with E-state index >= 15 is 0 Å². The van der Waals surface area contributed by atoms with Gasteiger partial charge < -0.3 is 4.74 Å². The first-order valence-corrected chi connectivity index (χ1v) is 9.83. The van der Waals surface area contributed by atoms with E-state index in [2.05, 4.69) is 24.0 Å². The maximum Gasteiger partial charge on any atom is 0.266 e. The molecule has 0 bridgehead atoms. The molecule has 6 nitrogen and oxygen atoms in total. The second kappa shape index (κ2) is 7.15. The van der Waals surface area contributed by atoms with Crippen molar-refractivity contribution in [1.29, 1.82) is 0 Å². The van der Waals surface area contributed by atoms with Crippen molar-refractivity contribution in [3.8, 4) is 22.6 Å². The first kappa shape index (κ1) is 18.1. The van der Waals surface area contributed by atoms with Crippen LogP contribution in [0.1, 0.15) is 12.6 Å². The number of aryl methyl sites for hydroxylation is 1. The molecule has 0 spiro atoms. The number of hydrogen-bond acceptors (Lipinski definition) is 4. The monoisotopic (exact) mass is 396 g/mol. The highest BCUT2D eigenvalue weighted by Gasteiger charge is 2.18. The topological polar surface area (TPSA) is 61.4 Å². The number of pyridine rings is 1. The van der Waals surface area contributed by atoms with Crippen LogP contribution in [0.5, 0.6) is 5.75 Å². The van der Waals surface area contributed by atoms with Gasteiger partial charge in [-0.05, 0) is 30.2 Å². The molecule has 0 saturated carbocycles. The summed E-state index contributed by atoms with van der Waals surface area (Å²) in [4.78, 5) is 17.9. The zero-order valence-electron chi connectivity index (χ0n) is 16.7. The van der Waals surface area contributed by atoms with E-state index < -0.39 is 0 Å². The first-order chi connectivity index (χ1) is 14.7. The Morgan fingerprint density at radius 3 is 2.53 bits per heavy atom. The Morgan fingerprint density at radius 1 is 1.00 bits per heavy atom. The SMILES string of the molecule is CCc1nn2c(ncc3c(=O)n(-c4ccccc4OC)ccc32)c1-c1ccccc1. The second-order valence-electron chi connectivity index (χ2n) is 7.00. The average molecular weight is 396 g/mol. The van der Waals surface area contributed by atoms with Gasteiger partial charge in [-0.2, -0.15) is 5.10 Å². The number of aromatic nitrogens is 4. The summed E-state index contributed by atoms with van der Waals surface area (Å²) < 4.78 is 8.79. The summed E-state index contributed by atoms with van der Waals surface area (Å²) in [5.41, 5.74) is 5.03. The summed E-state index contributed by atoms with van der Waals surface area (Å²) in [7, 11) is 1.59. The van der Waals surface area contributed by atoms with E-state index in [4.69, 9.17) is 9.84 Å². The third-order valence-electron chi connectivity index (χ3n) is 5.33. The maximum atomic E-state index is 13.3. The summed E-state index contributed by atoms with van der Waals surface area (Å²) >= 11 is 0. The van der Waals surface area contributed by atoms with Gasteiger partial charge in [-0.25, -0.2) is 9.50 Å². The molecule has 3 aromatic heterocycles. The molecular formula is C24H20N4O2. The molecule has 0 saturated heterocycles. The molecule has 0 aliphatic carbocycles. The van der Waals surface area contributed by atoms with Gasteiger partial charge in [0.05, 0.1) is 29.4 Å². The van der Waals surface area contributed by atoms with Crippen LogP contribution < -0.4 is 10.3 Å². The number of benzene rings is 2. The number of ether oxygens (including phenoxy) is 1. The van der Waals surface area contributed by atoms with Crippen LogP contribution in [-0.2, 0) is 6.42 Å². The normalized spacial score (nSPS) is 11.3. The highest BCUT2D eigenvalue weighted by molar-refractivity contribution is 5.86. The molecule has 30 heavy (non-hydrogen) atoms. The molecule has 2 aromatic carbocycles. The van der Waals surface area contributed by atoms with Crippen molar-refractivity contribution in [3.63, 3.8) is 0 Å². The average Bonchev–Trinajstić information content (AvgIpc) is 3.19. The van der Waals surface area contributed by atoms with Crippen molar-refractivity contribution in [2.24, 2.45) is 0 Å². The Morgan fingerprint density at radius 2 is 1.77 bits per heavy atom. The summed E-state index contributed by atoms with van der Waals surface area (Å²) in [6.45, 7) is 2.07. The van der Waals surface area contributed by atoms with Crippen LogP contribution in [0.2, 0.25) is 0 Å². The predicted molar refractivity (Wildman–Crippen MR) is 117 cm³/mol. The number of para-hydroxylation sites is 2. The van der Waals surface area contributed by atoms with Gasteiger partial charge >= 0.3 is 0 Å². The number of methoxy groups -OCH3 is 1. The van der Waals surface area contributed by atoms with Crippen molar-refractivity contribution >= 4 is 16.6 Å². The molecule has 0 atom stereocenters. The van der Waals surface area contributed by atoms with Crippen molar-refractivity contribution in [2.75, 3.05) is 7.11 Å². The quantitative estimate of drug-likeness (QED) is 0.455. The van der Waals surface area contributed by atoms with Crippen LogP contribution >= 0.6 is 0 Å². The van der Waals surface area contributed by atoms with Crippen molar-refractivity contribution < 1.29 is 4.74 Å². The number of rotatable bonds is 4. The maximum absolute atomic E-state index is 13.3. The summed E-state index contributed by atoms with van der Waals surface area (Å²) in [5, 5.41) is 5.29. The Bertz CT molecular complexity index is 1430. The minimum atomic E-state index is -0.166. The second-order valence-corrected chi connectivity index (χ2v) is 7.00. The fourth-order valence-corrected chi connectivity index (χ4v) is 3.88. The van der Waals surface area contributed by atoms with E-state index in [1.807, 2.05) is 48.5 Å². The van der Waals surface area contributed by atoms with Gasteiger partial charge in [0, 0.05) is 18.0 Å². The van der Waals surface area contributed by atoms with Gasteiger partial charge in [-0.1, -0.05) is 49.4 Å². The zero-order valence-corrected chi connectivity index (χ0v) is 16.7. The number of fused-ring (bicyclic) bond motifs is 3. The van der Waals surface area contributed by atoms with Gasteiger partial charge in [0.1, 0.15) is 5.75 Å². The first-order valence-electron chi connectivity index (χ1n) is 9.83. The van der Waals surface area contributed by atoms with E-state index in [0.29, 0.717) is 16.8 Å². The van der Waals surface area contributed by atoms with Crippen LogP contribution in [0.25, 0.3) is 33.4 Å². The molecule has 0 aliphatic heterocycles. The van der Waals surface area contributed by atoms with Crippen LogP contribution in [-0.4, -0.2) is 26.3 Å². The lowest BCUT2D eigenvalue weighted by molar-refractivity contribution is 0.412. The van der Waals surface area contributed by atoms with E-state index in [0.717, 1.165) is 34.4 Å². The van der Waals surface area contributed by atoms with Crippen LogP contribution in [0, 0.1) is 0 Å². The third-order valence-corrected chi connectivity index (χ3v) is 5.33. The van der Waals surface area contributed by atoms with E-state index in [1.165, 1.54) is 0 Å². The summed E-state index contributed by atoms with van der Waals surface area (Å²) in [5.74, 6) is 0.631. The Hall–Kier alpha value is -3.93. The zero-order chi connectivity index (χ0) is 20.7. The molecular weight excluding hydrogens is 376 g/mol. The van der Waals surface area contributed by atoms with Crippen molar-refractivity contribution in [1.82, 2.24) is 19.2 Å². The largest absolute Gasteiger partial charge is 0.495 e.